The van der Waals surface area contributed by atoms with E-state index in [1.807, 2.05) is 6.92 Å². The maximum absolute atomic E-state index is 11.0. The highest BCUT2D eigenvalue weighted by molar-refractivity contribution is 5.72. The largest absolute Gasteiger partial charge is 0.469 e. The number of rotatable bonds is 2. The van der Waals surface area contributed by atoms with E-state index in [4.69, 9.17) is 0 Å². The van der Waals surface area contributed by atoms with Crippen molar-refractivity contribution < 1.29 is 9.53 Å². The quantitative estimate of drug-likeness (QED) is 0.590. The van der Waals surface area contributed by atoms with Crippen LogP contribution in [0, 0.1) is 11.8 Å². The van der Waals surface area contributed by atoms with Crippen molar-refractivity contribution in [3.8, 4) is 0 Å². The van der Waals surface area contributed by atoms with Gasteiger partial charge in [-0.15, -0.1) is 0 Å². The first-order chi connectivity index (χ1) is 5.25. The predicted molar refractivity (Wildman–Crippen MR) is 42.2 cm³/mol. The van der Waals surface area contributed by atoms with E-state index in [1.54, 1.807) is 0 Å². The van der Waals surface area contributed by atoms with E-state index in [1.165, 1.54) is 7.11 Å². The summed E-state index contributed by atoms with van der Waals surface area (Å²) in [4.78, 5) is 11.0. The molecule has 0 radical (unpaired) electrons. The molecule has 1 aliphatic heterocycles. The van der Waals surface area contributed by atoms with Crippen molar-refractivity contribution in [3.63, 3.8) is 0 Å². The summed E-state index contributed by atoms with van der Waals surface area (Å²) in [6.45, 7) is 3.92. The summed E-state index contributed by atoms with van der Waals surface area (Å²) in [5, 5.41) is 3.22. The van der Waals surface area contributed by atoms with Gasteiger partial charge < -0.3 is 10.1 Å². The number of hydrogen-bond donors (Lipinski definition) is 1. The molecule has 1 heterocycles. The lowest BCUT2D eigenvalue weighted by atomic mass is 9.94. The molecule has 0 amide bonds. The number of nitrogens with one attached hydrogen (secondary N) is 1. The zero-order chi connectivity index (χ0) is 8.27. The van der Waals surface area contributed by atoms with E-state index in [-0.39, 0.29) is 11.9 Å². The van der Waals surface area contributed by atoms with Gasteiger partial charge in [0, 0.05) is 0 Å². The van der Waals surface area contributed by atoms with Crippen LogP contribution in [-0.2, 0) is 9.53 Å². The minimum absolute atomic E-state index is 0.0509. The minimum Gasteiger partial charge on any atom is -0.469 e. The zero-order valence-electron chi connectivity index (χ0n) is 7.09. The molecule has 3 nitrogen and oxygen atoms in total. The van der Waals surface area contributed by atoms with Crippen molar-refractivity contribution in [1.29, 1.82) is 0 Å². The Balaban J connectivity index is 2.39. The summed E-state index contributed by atoms with van der Waals surface area (Å²) in [7, 11) is 1.45. The number of carbonyl (C=O) groups excluding carboxylic acids is 1. The normalized spacial score (nSPS) is 26.5. The van der Waals surface area contributed by atoms with Gasteiger partial charge in [-0.1, -0.05) is 6.92 Å². The van der Waals surface area contributed by atoms with Crippen LogP contribution in [0.1, 0.15) is 13.3 Å². The number of hydrogen-bond acceptors (Lipinski definition) is 3. The summed E-state index contributed by atoms with van der Waals surface area (Å²) in [6, 6.07) is 0. The van der Waals surface area contributed by atoms with Gasteiger partial charge in [-0.3, -0.25) is 4.79 Å². The zero-order valence-corrected chi connectivity index (χ0v) is 7.09. The van der Waals surface area contributed by atoms with Crippen LogP contribution in [0.5, 0.6) is 0 Å². The van der Waals surface area contributed by atoms with Crippen LogP contribution in [0.25, 0.3) is 0 Å². The maximum atomic E-state index is 11.0. The second-order valence-corrected chi connectivity index (χ2v) is 3.06. The molecule has 0 spiro atoms. The van der Waals surface area contributed by atoms with Crippen LogP contribution < -0.4 is 5.32 Å². The molecule has 0 aromatic rings. The third-order valence-electron chi connectivity index (χ3n) is 2.38. The molecular weight excluding hydrogens is 142 g/mol. The average Bonchev–Trinajstić information content (AvgIpc) is 2.53. The first-order valence-corrected chi connectivity index (χ1v) is 4.04. The van der Waals surface area contributed by atoms with E-state index in [9.17, 15) is 4.79 Å². The van der Waals surface area contributed by atoms with Gasteiger partial charge in [-0.25, -0.2) is 0 Å². The minimum atomic E-state index is -0.0845. The van der Waals surface area contributed by atoms with Crippen molar-refractivity contribution in [2.24, 2.45) is 11.8 Å². The third-order valence-corrected chi connectivity index (χ3v) is 2.38. The smallest absolute Gasteiger partial charge is 0.308 e. The number of carbonyl (C=O) groups is 1. The molecule has 2 atom stereocenters. The first kappa shape index (κ1) is 8.53. The van der Waals surface area contributed by atoms with Crippen LogP contribution in [-0.4, -0.2) is 26.2 Å². The Bertz CT molecular complexity index is 141. The Kier molecular flexibility index (Phi) is 2.88. The van der Waals surface area contributed by atoms with E-state index in [2.05, 4.69) is 10.1 Å². The van der Waals surface area contributed by atoms with Crippen LogP contribution in [0.3, 0.4) is 0 Å². The molecule has 64 valence electrons. The molecule has 0 bridgehead atoms. The number of esters is 1. The van der Waals surface area contributed by atoms with Crippen molar-refractivity contribution >= 4 is 5.97 Å². The van der Waals surface area contributed by atoms with Gasteiger partial charge >= 0.3 is 5.97 Å². The van der Waals surface area contributed by atoms with Gasteiger partial charge in [0.1, 0.15) is 0 Å². The van der Waals surface area contributed by atoms with Crippen LogP contribution in [0.4, 0.5) is 0 Å². The molecule has 0 aliphatic carbocycles. The van der Waals surface area contributed by atoms with Crippen molar-refractivity contribution in [3.05, 3.63) is 0 Å². The van der Waals surface area contributed by atoms with E-state index >= 15 is 0 Å². The molecule has 11 heavy (non-hydrogen) atoms. The molecule has 1 fully saturated rings. The summed E-state index contributed by atoms with van der Waals surface area (Å²) in [6.07, 6.45) is 1.09. The molecule has 1 aliphatic rings. The Morgan fingerprint density at radius 1 is 1.73 bits per heavy atom. The summed E-state index contributed by atoms with van der Waals surface area (Å²) in [5.74, 6) is 0.441. The predicted octanol–water partition coefficient (Wildman–Crippen LogP) is 0.405. The van der Waals surface area contributed by atoms with Gasteiger partial charge in [0.15, 0.2) is 0 Å². The van der Waals surface area contributed by atoms with Gasteiger partial charge in [0.05, 0.1) is 13.0 Å². The van der Waals surface area contributed by atoms with Crippen molar-refractivity contribution in [2.45, 2.75) is 13.3 Å². The molecule has 1 rings (SSSR count). The Hall–Kier alpha value is -0.570. The highest BCUT2D eigenvalue weighted by atomic mass is 16.5. The Morgan fingerprint density at radius 2 is 2.45 bits per heavy atom. The molecule has 1 saturated heterocycles. The topological polar surface area (TPSA) is 38.3 Å². The fraction of sp³-hybridized carbons (Fsp3) is 0.875. The Labute approximate surface area is 67.1 Å². The maximum Gasteiger partial charge on any atom is 0.308 e. The van der Waals surface area contributed by atoms with Crippen LogP contribution in [0.15, 0.2) is 0 Å². The second-order valence-electron chi connectivity index (χ2n) is 3.06. The molecule has 2 unspecified atom stereocenters. The van der Waals surface area contributed by atoms with Crippen LogP contribution in [0.2, 0.25) is 0 Å². The molecule has 0 aromatic heterocycles. The fourth-order valence-electron chi connectivity index (χ4n) is 1.48. The molecule has 1 N–H and O–H groups in total. The average molecular weight is 157 g/mol. The summed E-state index contributed by atoms with van der Waals surface area (Å²) < 4.78 is 4.66. The van der Waals surface area contributed by atoms with E-state index < -0.39 is 0 Å². The van der Waals surface area contributed by atoms with Crippen molar-refractivity contribution in [2.75, 3.05) is 20.2 Å². The highest BCUT2D eigenvalue weighted by Gasteiger charge is 2.26. The monoisotopic (exact) mass is 157 g/mol. The van der Waals surface area contributed by atoms with Crippen molar-refractivity contribution in [1.82, 2.24) is 5.32 Å². The van der Waals surface area contributed by atoms with E-state index in [0.29, 0.717) is 5.92 Å². The molecule has 0 saturated carbocycles. The Morgan fingerprint density at radius 3 is 2.91 bits per heavy atom. The summed E-state index contributed by atoms with van der Waals surface area (Å²) >= 11 is 0. The second kappa shape index (κ2) is 3.72. The molecule has 0 aromatic carbocycles. The molecular formula is C8H15NO2. The third kappa shape index (κ3) is 1.93. The summed E-state index contributed by atoms with van der Waals surface area (Å²) in [5.41, 5.74) is 0. The first-order valence-electron chi connectivity index (χ1n) is 4.04. The fourth-order valence-corrected chi connectivity index (χ4v) is 1.48. The molecule has 3 heteroatoms. The standard InChI is InChI=1S/C8H15NO2/c1-6(8(10)11-2)7-3-4-9-5-7/h6-7,9H,3-5H2,1-2H3. The lowest BCUT2D eigenvalue weighted by molar-refractivity contribution is -0.146. The highest BCUT2D eigenvalue weighted by Crippen LogP contribution is 2.19. The number of methoxy groups -OCH3 is 1. The lowest BCUT2D eigenvalue weighted by Gasteiger charge is -2.14. The SMILES string of the molecule is COC(=O)C(C)C1CCNC1. The lowest BCUT2D eigenvalue weighted by Crippen LogP contribution is -2.23. The van der Waals surface area contributed by atoms with Gasteiger partial charge in [-0.05, 0) is 25.4 Å². The van der Waals surface area contributed by atoms with Gasteiger partial charge in [0.2, 0.25) is 0 Å². The number of ether oxygens (including phenoxy) is 1. The van der Waals surface area contributed by atoms with Gasteiger partial charge in [0.25, 0.3) is 0 Å². The van der Waals surface area contributed by atoms with Crippen LogP contribution >= 0.6 is 0 Å². The van der Waals surface area contributed by atoms with E-state index in [0.717, 1.165) is 19.5 Å². The van der Waals surface area contributed by atoms with Gasteiger partial charge in [-0.2, -0.15) is 0 Å².